The summed E-state index contributed by atoms with van der Waals surface area (Å²) in [5.74, 6) is -0.760. The second-order valence-corrected chi connectivity index (χ2v) is 9.68. The molecule has 0 aliphatic heterocycles. The van der Waals surface area contributed by atoms with Crippen molar-refractivity contribution < 1.29 is 21.8 Å². The van der Waals surface area contributed by atoms with Crippen molar-refractivity contribution in [2.75, 3.05) is 0 Å². The van der Waals surface area contributed by atoms with Crippen LogP contribution in [-0.2, 0) is 16.7 Å². The van der Waals surface area contributed by atoms with Gasteiger partial charge in [-0.3, -0.25) is 4.79 Å². The van der Waals surface area contributed by atoms with E-state index in [2.05, 4.69) is 0 Å². The van der Waals surface area contributed by atoms with E-state index in [-0.39, 0.29) is 34.2 Å². The lowest BCUT2D eigenvalue weighted by molar-refractivity contribution is 0.0690. The van der Waals surface area contributed by atoms with E-state index in [0.29, 0.717) is 16.1 Å². The van der Waals surface area contributed by atoms with Gasteiger partial charge in [0.15, 0.2) is 0 Å². The highest BCUT2D eigenvalue weighted by Crippen LogP contribution is 2.25. The van der Waals surface area contributed by atoms with Gasteiger partial charge in [0.05, 0.1) is 10.6 Å². The topological polar surface area (TPSA) is 63.7 Å². The van der Waals surface area contributed by atoms with E-state index in [1.807, 2.05) is 13.8 Å². The molecule has 9 heteroatoms. The van der Waals surface area contributed by atoms with Crippen LogP contribution < -0.4 is 4.18 Å². The van der Waals surface area contributed by atoms with E-state index in [1.165, 1.54) is 18.2 Å². The van der Waals surface area contributed by atoms with Crippen molar-refractivity contribution in [2.45, 2.75) is 31.3 Å². The predicted octanol–water partition coefficient (Wildman–Crippen LogP) is 5.95. The molecule has 0 fully saturated rings. The summed E-state index contributed by atoms with van der Waals surface area (Å²) in [5, 5.41) is 0.672. The summed E-state index contributed by atoms with van der Waals surface area (Å²) < 4.78 is 43.2. The smallest absolute Gasteiger partial charge is 0.339 e. The molecule has 0 saturated carbocycles. The minimum atomic E-state index is -4.14. The Morgan fingerprint density at radius 1 is 1.03 bits per heavy atom. The molecule has 3 aromatic rings. The first-order valence-electron chi connectivity index (χ1n) is 9.62. The van der Waals surface area contributed by atoms with Crippen LogP contribution in [0.25, 0.3) is 0 Å². The highest BCUT2D eigenvalue weighted by molar-refractivity contribution is 7.87. The lowest BCUT2D eigenvalue weighted by Crippen LogP contribution is -2.36. The molecule has 0 spiro atoms. The average molecular weight is 496 g/mol. The summed E-state index contributed by atoms with van der Waals surface area (Å²) in [6.45, 7) is 3.92. The number of carbonyl (C=O) groups is 1. The molecule has 168 valence electrons. The number of carbonyl (C=O) groups excluding carboxylic acids is 1. The predicted molar refractivity (Wildman–Crippen MR) is 122 cm³/mol. The molecule has 0 saturated heterocycles. The van der Waals surface area contributed by atoms with Crippen molar-refractivity contribution in [3.8, 4) is 5.75 Å². The molecule has 0 aliphatic carbocycles. The Hall–Kier alpha value is -2.61. The second kappa shape index (κ2) is 9.90. The van der Waals surface area contributed by atoms with Gasteiger partial charge >= 0.3 is 10.1 Å². The van der Waals surface area contributed by atoms with Crippen LogP contribution in [0.15, 0.2) is 71.6 Å². The average Bonchev–Trinajstić information content (AvgIpc) is 2.71. The SMILES string of the molecule is CC(C)N(Cc1cccc(OS(=O)(=O)c2ccc(F)cc2)c1)C(=O)c1ccc(Cl)cc1Cl. The molecule has 0 bridgehead atoms. The van der Waals surface area contributed by atoms with Crippen molar-refractivity contribution in [3.05, 3.63) is 93.7 Å². The van der Waals surface area contributed by atoms with Gasteiger partial charge in [-0.2, -0.15) is 8.42 Å². The molecule has 3 rings (SSSR count). The summed E-state index contributed by atoms with van der Waals surface area (Å²) in [6, 6.07) is 15.2. The Kier molecular flexibility index (Phi) is 7.44. The third kappa shape index (κ3) is 5.79. The maximum Gasteiger partial charge on any atom is 0.339 e. The van der Waals surface area contributed by atoms with E-state index in [9.17, 15) is 17.6 Å². The van der Waals surface area contributed by atoms with Crippen molar-refractivity contribution in [2.24, 2.45) is 0 Å². The number of halogens is 3. The fourth-order valence-corrected chi connectivity index (χ4v) is 4.39. The van der Waals surface area contributed by atoms with E-state index >= 15 is 0 Å². The molecule has 0 heterocycles. The van der Waals surface area contributed by atoms with Gasteiger partial charge in [-0.1, -0.05) is 35.3 Å². The first-order chi connectivity index (χ1) is 15.1. The van der Waals surface area contributed by atoms with Crippen LogP contribution in [0.4, 0.5) is 4.39 Å². The number of benzene rings is 3. The normalized spacial score (nSPS) is 11.4. The Labute approximate surface area is 196 Å². The summed E-state index contributed by atoms with van der Waals surface area (Å²) in [7, 11) is -4.14. The number of hydrogen-bond donors (Lipinski definition) is 0. The molecule has 32 heavy (non-hydrogen) atoms. The standard InChI is InChI=1S/C23H20Cl2FNO4S/c1-15(2)27(23(28)21-11-6-17(24)13-22(21)25)14-16-4-3-5-19(12-16)31-32(29,30)20-9-7-18(26)8-10-20/h3-13,15H,14H2,1-2H3. The van der Waals surface area contributed by atoms with Crippen molar-refractivity contribution in [3.63, 3.8) is 0 Å². The van der Waals surface area contributed by atoms with Gasteiger partial charge in [-0.05, 0) is 74.0 Å². The van der Waals surface area contributed by atoms with Crippen molar-refractivity contribution in [1.82, 2.24) is 4.90 Å². The van der Waals surface area contributed by atoms with Crippen LogP contribution >= 0.6 is 23.2 Å². The van der Waals surface area contributed by atoms with Crippen molar-refractivity contribution in [1.29, 1.82) is 0 Å². The Morgan fingerprint density at radius 3 is 2.34 bits per heavy atom. The summed E-state index contributed by atoms with van der Waals surface area (Å²) in [4.78, 5) is 14.5. The van der Waals surface area contributed by atoms with Gasteiger partial charge in [0.2, 0.25) is 0 Å². The van der Waals surface area contributed by atoms with Crippen LogP contribution in [0.3, 0.4) is 0 Å². The lowest BCUT2D eigenvalue weighted by atomic mass is 10.1. The van der Waals surface area contributed by atoms with Gasteiger partial charge in [-0.15, -0.1) is 0 Å². The largest absolute Gasteiger partial charge is 0.379 e. The van der Waals surface area contributed by atoms with Crippen LogP contribution in [0, 0.1) is 5.82 Å². The number of rotatable bonds is 7. The summed E-state index contributed by atoms with van der Waals surface area (Å²) in [5.41, 5.74) is 0.972. The fraction of sp³-hybridized carbons (Fsp3) is 0.174. The zero-order chi connectivity index (χ0) is 23.5. The van der Waals surface area contributed by atoms with Crippen LogP contribution in [0.1, 0.15) is 29.8 Å². The second-order valence-electron chi connectivity index (χ2n) is 7.29. The zero-order valence-electron chi connectivity index (χ0n) is 17.3. The molecule has 0 atom stereocenters. The minimum Gasteiger partial charge on any atom is -0.379 e. The molecule has 3 aromatic carbocycles. The number of nitrogens with zero attached hydrogens (tertiary/aromatic N) is 1. The molecule has 5 nitrogen and oxygen atoms in total. The van der Waals surface area contributed by atoms with Gasteiger partial charge in [-0.25, -0.2) is 4.39 Å². The van der Waals surface area contributed by atoms with Gasteiger partial charge in [0, 0.05) is 17.6 Å². The third-order valence-corrected chi connectivity index (χ3v) is 6.41. The van der Waals surface area contributed by atoms with E-state index < -0.39 is 15.9 Å². The molecular formula is C23H20Cl2FNO4S. The van der Waals surface area contributed by atoms with Crippen molar-refractivity contribution >= 4 is 39.2 Å². The monoisotopic (exact) mass is 495 g/mol. The van der Waals surface area contributed by atoms with E-state index in [4.69, 9.17) is 27.4 Å². The molecule has 0 aliphatic rings. The first-order valence-corrected chi connectivity index (χ1v) is 11.8. The van der Waals surface area contributed by atoms with Crippen LogP contribution in [0.5, 0.6) is 5.75 Å². The fourth-order valence-electron chi connectivity index (χ4n) is 2.97. The van der Waals surface area contributed by atoms with Crippen LogP contribution in [0.2, 0.25) is 10.0 Å². The van der Waals surface area contributed by atoms with Gasteiger partial charge in [0.1, 0.15) is 16.5 Å². The van der Waals surface area contributed by atoms with Gasteiger partial charge < -0.3 is 9.08 Å². The Balaban J connectivity index is 1.82. The molecule has 0 unspecified atom stereocenters. The quantitative estimate of drug-likeness (QED) is 0.379. The highest BCUT2D eigenvalue weighted by Gasteiger charge is 2.22. The zero-order valence-corrected chi connectivity index (χ0v) is 19.6. The summed E-state index contributed by atoms with van der Waals surface area (Å²) in [6.07, 6.45) is 0. The maximum absolute atomic E-state index is 13.1. The minimum absolute atomic E-state index is 0.0764. The molecule has 1 amide bonds. The number of hydrogen-bond acceptors (Lipinski definition) is 4. The Morgan fingerprint density at radius 2 is 1.72 bits per heavy atom. The molecule has 0 aromatic heterocycles. The first kappa shape index (κ1) is 24.0. The van der Waals surface area contributed by atoms with E-state index in [1.54, 1.807) is 29.2 Å². The highest BCUT2D eigenvalue weighted by atomic mass is 35.5. The molecule has 0 radical (unpaired) electrons. The third-order valence-electron chi connectivity index (χ3n) is 4.61. The Bertz CT molecular complexity index is 1230. The molecule has 0 N–H and O–H groups in total. The number of amides is 1. The lowest BCUT2D eigenvalue weighted by Gasteiger charge is -2.27. The molecular weight excluding hydrogens is 476 g/mol. The van der Waals surface area contributed by atoms with E-state index in [0.717, 1.165) is 24.3 Å². The van der Waals surface area contributed by atoms with Crippen LogP contribution in [-0.4, -0.2) is 25.3 Å². The maximum atomic E-state index is 13.1. The van der Waals surface area contributed by atoms with Gasteiger partial charge in [0.25, 0.3) is 5.91 Å². The summed E-state index contributed by atoms with van der Waals surface area (Å²) >= 11 is 12.1.